The minimum absolute atomic E-state index is 0.0470. The van der Waals surface area contributed by atoms with Crippen molar-refractivity contribution in [3.63, 3.8) is 0 Å². The van der Waals surface area contributed by atoms with Gasteiger partial charge in [0.25, 0.3) is 5.91 Å². The summed E-state index contributed by atoms with van der Waals surface area (Å²) in [5.41, 5.74) is 0.407. The van der Waals surface area contributed by atoms with Gasteiger partial charge in [-0.05, 0) is 56.2 Å². The number of furan rings is 1. The zero-order valence-electron chi connectivity index (χ0n) is 16.2. The molecular formula is C20H24N2O6S. The number of carbonyl (C=O) groups is 2. The molecule has 1 fully saturated rings. The minimum atomic E-state index is -3.71. The number of amides is 1. The fraction of sp³-hybridized carbons (Fsp3) is 0.400. The first-order chi connectivity index (χ1) is 13.9. The van der Waals surface area contributed by atoms with E-state index in [9.17, 15) is 18.0 Å². The number of likely N-dealkylation sites (tertiary alicyclic amines) is 1. The molecule has 2 heterocycles. The standard InChI is InChI=1S/C20H24N2O6S/c1-2-27-20(24)16-9-11-22(12-10-16)19(23)15-5-7-18(8-6-15)29(25,26)21-14-17-4-3-13-28-17/h3-8,13,16,21H,2,9-12,14H2,1H3. The van der Waals surface area contributed by atoms with Crippen LogP contribution in [0.2, 0.25) is 0 Å². The number of rotatable bonds is 7. The zero-order chi connectivity index (χ0) is 20.9. The Kier molecular flexibility index (Phi) is 6.71. The highest BCUT2D eigenvalue weighted by molar-refractivity contribution is 7.89. The van der Waals surface area contributed by atoms with Gasteiger partial charge in [-0.1, -0.05) is 0 Å². The van der Waals surface area contributed by atoms with Gasteiger partial charge in [-0.2, -0.15) is 0 Å². The molecule has 0 aliphatic carbocycles. The molecule has 1 aromatic carbocycles. The summed E-state index contributed by atoms with van der Waals surface area (Å²) in [6, 6.07) is 9.17. The fourth-order valence-electron chi connectivity index (χ4n) is 3.20. The summed E-state index contributed by atoms with van der Waals surface area (Å²) in [5, 5.41) is 0. The number of hydrogen-bond acceptors (Lipinski definition) is 6. The van der Waals surface area contributed by atoms with Crippen LogP contribution >= 0.6 is 0 Å². The summed E-state index contributed by atoms with van der Waals surface area (Å²) in [6.45, 7) is 3.10. The summed E-state index contributed by atoms with van der Waals surface area (Å²) in [7, 11) is -3.71. The second-order valence-corrected chi connectivity index (χ2v) is 8.51. The number of sulfonamides is 1. The Balaban J connectivity index is 1.58. The molecule has 1 aliphatic rings. The maximum atomic E-state index is 12.7. The molecule has 3 rings (SSSR count). The summed E-state index contributed by atoms with van der Waals surface area (Å²) < 4.78 is 37.3. The van der Waals surface area contributed by atoms with Crippen LogP contribution in [0.4, 0.5) is 0 Å². The third-order valence-corrected chi connectivity index (χ3v) is 6.25. The molecule has 29 heavy (non-hydrogen) atoms. The van der Waals surface area contributed by atoms with Crippen molar-refractivity contribution in [3.8, 4) is 0 Å². The molecule has 2 aromatic rings. The molecule has 0 atom stereocenters. The zero-order valence-corrected chi connectivity index (χ0v) is 17.0. The van der Waals surface area contributed by atoms with Gasteiger partial charge in [0, 0.05) is 18.7 Å². The Morgan fingerprint density at radius 2 is 1.86 bits per heavy atom. The quantitative estimate of drug-likeness (QED) is 0.688. The number of nitrogens with one attached hydrogen (secondary N) is 1. The molecule has 1 amide bonds. The van der Waals surface area contributed by atoms with Crippen LogP contribution in [-0.2, 0) is 26.1 Å². The third-order valence-electron chi connectivity index (χ3n) is 4.83. The molecule has 0 bridgehead atoms. The van der Waals surface area contributed by atoms with E-state index < -0.39 is 10.0 Å². The lowest BCUT2D eigenvalue weighted by Gasteiger charge is -2.31. The largest absolute Gasteiger partial charge is 0.468 e. The van der Waals surface area contributed by atoms with Crippen molar-refractivity contribution in [2.45, 2.75) is 31.2 Å². The highest BCUT2D eigenvalue weighted by Crippen LogP contribution is 2.21. The summed E-state index contributed by atoms with van der Waals surface area (Å²) in [6.07, 6.45) is 2.60. The van der Waals surface area contributed by atoms with Crippen molar-refractivity contribution in [3.05, 3.63) is 54.0 Å². The highest BCUT2D eigenvalue weighted by atomic mass is 32.2. The maximum absolute atomic E-state index is 12.7. The average molecular weight is 420 g/mol. The van der Waals surface area contributed by atoms with Crippen LogP contribution < -0.4 is 4.72 Å². The van der Waals surface area contributed by atoms with E-state index in [1.165, 1.54) is 30.5 Å². The highest BCUT2D eigenvalue weighted by Gasteiger charge is 2.28. The second-order valence-electron chi connectivity index (χ2n) is 6.75. The molecule has 9 heteroatoms. The normalized spacial score (nSPS) is 15.3. The molecular weight excluding hydrogens is 396 g/mol. The Morgan fingerprint density at radius 3 is 2.45 bits per heavy atom. The smallest absolute Gasteiger partial charge is 0.309 e. The minimum Gasteiger partial charge on any atom is -0.468 e. The van der Waals surface area contributed by atoms with Gasteiger partial charge in [-0.25, -0.2) is 13.1 Å². The van der Waals surface area contributed by atoms with Crippen LogP contribution in [0.25, 0.3) is 0 Å². The topological polar surface area (TPSA) is 106 Å². The first-order valence-corrected chi connectivity index (χ1v) is 11.0. The van der Waals surface area contributed by atoms with Gasteiger partial charge in [-0.3, -0.25) is 9.59 Å². The van der Waals surface area contributed by atoms with E-state index in [0.29, 0.717) is 43.9 Å². The number of esters is 1. The first kappa shape index (κ1) is 21.1. The molecule has 0 spiro atoms. The van der Waals surface area contributed by atoms with E-state index in [4.69, 9.17) is 9.15 Å². The maximum Gasteiger partial charge on any atom is 0.309 e. The molecule has 1 N–H and O–H groups in total. The Bertz CT molecular complexity index is 930. The predicted octanol–water partition coefficient (Wildman–Crippen LogP) is 2.17. The summed E-state index contributed by atoms with van der Waals surface area (Å²) >= 11 is 0. The molecule has 156 valence electrons. The van der Waals surface area contributed by atoms with Crippen molar-refractivity contribution in [1.82, 2.24) is 9.62 Å². The van der Waals surface area contributed by atoms with Crippen LogP contribution in [-0.4, -0.2) is 44.9 Å². The van der Waals surface area contributed by atoms with Crippen molar-refractivity contribution in [1.29, 1.82) is 0 Å². The van der Waals surface area contributed by atoms with Gasteiger partial charge < -0.3 is 14.1 Å². The van der Waals surface area contributed by atoms with Crippen molar-refractivity contribution < 1.29 is 27.2 Å². The van der Waals surface area contributed by atoms with E-state index in [1.807, 2.05) is 0 Å². The predicted molar refractivity (Wildman–Crippen MR) is 104 cm³/mol. The van der Waals surface area contributed by atoms with Gasteiger partial charge in [-0.15, -0.1) is 0 Å². The molecule has 1 aliphatic heterocycles. The number of nitrogens with zero attached hydrogens (tertiary/aromatic N) is 1. The van der Waals surface area contributed by atoms with E-state index in [0.717, 1.165) is 0 Å². The summed E-state index contributed by atoms with van der Waals surface area (Å²) in [5.74, 6) is -0.0608. The number of benzene rings is 1. The Labute approximate surface area is 169 Å². The number of piperidine rings is 1. The third kappa shape index (κ3) is 5.24. The van der Waals surface area contributed by atoms with Crippen LogP contribution in [0.5, 0.6) is 0 Å². The van der Waals surface area contributed by atoms with E-state index >= 15 is 0 Å². The molecule has 0 saturated carbocycles. The molecule has 8 nitrogen and oxygen atoms in total. The Hall–Kier alpha value is -2.65. The SMILES string of the molecule is CCOC(=O)C1CCN(C(=O)c2ccc(S(=O)(=O)NCc3ccco3)cc2)CC1. The van der Waals surface area contributed by atoms with Crippen molar-refractivity contribution >= 4 is 21.9 Å². The molecule has 0 unspecified atom stereocenters. The number of hydrogen-bond donors (Lipinski definition) is 1. The van der Waals surface area contributed by atoms with Crippen LogP contribution in [0, 0.1) is 5.92 Å². The average Bonchev–Trinajstić information content (AvgIpc) is 3.26. The van der Waals surface area contributed by atoms with E-state index in [-0.39, 0.29) is 29.2 Å². The Morgan fingerprint density at radius 1 is 1.17 bits per heavy atom. The van der Waals surface area contributed by atoms with Gasteiger partial charge in [0.2, 0.25) is 10.0 Å². The lowest BCUT2D eigenvalue weighted by molar-refractivity contribution is -0.149. The second kappa shape index (κ2) is 9.23. The van der Waals surface area contributed by atoms with Crippen LogP contribution in [0.3, 0.4) is 0 Å². The molecule has 1 saturated heterocycles. The van der Waals surface area contributed by atoms with E-state index in [1.54, 1.807) is 24.0 Å². The van der Waals surface area contributed by atoms with Gasteiger partial charge >= 0.3 is 5.97 Å². The first-order valence-electron chi connectivity index (χ1n) is 9.48. The van der Waals surface area contributed by atoms with Gasteiger partial charge in [0.15, 0.2) is 0 Å². The van der Waals surface area contributed by atoms with Crippen molar-refractivity contribution in [2.24, 2.45) is 5.92 Å². The lowest BCUT2D eigenvalue weighted by atomic mass is 9.96. The monoisotopic (exact) mass is 420 g/mol. The van der Waals surface area contributed by atoms with Crippen LogP contribution in [0.15, 0.2) is 52.0 Å². The molecule has 0 radical (unpaired) electrons. The number of carbonyl (C=O) groups excluding carboxylic acids is 2. The van der Waals surface area contributed by atoms with Gasteiger partial charge in [0.05, 0.1) is 30.2 Å². The number of ether oxygens (including phenoxy) is 1. The van der Waals surface area contributed by atoms with Gasteiger partial charge in [0.1, 0.15) is 5.76 Å². The van der Waals surface area contributed by atoms with E-state index in [2.05, 4.69) is 4.72 Å². The van der Waals surface area contributed by atoms with Crippen LogP contribution in [0.1, 0.15) is 35.9 Å². The summed E-state index contributed by atoms with van der Waals surface area (Å²) in [4.78, 5) is 26.2. The lowest BCUT2D eigenvalue weighted by Crippen LogP contribution is -2.40. The fourth-order valence-corrected chi connectivity index (χ4v) is 4.19. The van der Waals surface area contributed by atoms with Crippen molar-refractivity contribution in [2.75, 3.05) is 19.7 Å². The molecule has 1 aromatic heterocycles.